The summed E-state index contributed by atoms with van der Waals surface area (Å²) in [6, 6.07) is 5.81. The van der Waals surface area contributed by atoms with Gasteiger partial charge >= 0.3 is 0 Å². The molecule has 0 aliphatic rings. The van der Waals surface area contributed by atoms with Crippen molar-refractivity contribution in [2.24, 2.45) is 0 Å². The zero-order valence-corrected chi connectivity index (χ0v) is 7.30. The summed E-state index contributed by atoms with van der Waals surface area (Å²) in [5, 5.41) is 1.91. The van der Waals surface area contributed by atoms with Gasteiger partial charge in [-0.05, 0) is 12.1 Å². The van der Waals surface area contributed by atoms with E-state index in [0.717, 1.165) is 6.26 Å². The Bertz CT molecular complexity index is 380. The molecule has 0 radical (unpaired) electrons. The van der Waals surface area contributed by atoms with Crippen LogP contribution >= 0.6 is 0 Å². The lowest BCUT2D eigenvalue weighted by Gasteiger charge is -1.95. The van der Waals surface area contributed by atoms with Crippen molar-refractivity contribution in [2.75, 3.05) is 6.26 Å². The average Bonchev–Trinajstić information content (AvgIpc) is 2.03. The van der Waals surface area contributed by atoms with Gasteiger partial charge in [-0.25, -0.2) is 8.42 Å². The van der Waals surface area contributed by atoms with Gasteiger partial charge < -0.3 is 5.53 Å². The van der Waals surface area contributed by atoms with Gasteiger partial charge in [-0.2, -0.15) is 0 Å². The molecule has 0 saturated heterocycles. The number of hydrogen-bond acceptors (Lipinski definition) is 2. The van der Waals surface area contributed by atoms with Crippen LogP contribution < -0.4 is 5.11 Å². The third-order valence-corrected chi connectivity index (χ3v) is 2.54. The highest BCUT2D eigenvalue weighted by Gasteiger charge is 2.05. The number of rotatable bonds is 2. The topological polar surface area (TPSA) is 70.4 Å². The van der Waals surface area contributed by atoms with Crippen LogP contribution in [0.5, 0.6) is 0 Å². The fourth-order valence-corrected chi connectivity index (χ4v) is 1.41. The third kappa shape index (κ3) is 1.88. The number of hydrogen-bond donors (Lipinski definition) is 1. The first-order valence-corrected chi connectivity index (χ1v) is 5.13. The van der Waals surface area contributed by atoms with E-state index in [2.05, 4.69) is 0 Å². The maximum Gasteiger partial charge on any atom is 0.192 e. The molecule has 0 amide bonds. The SMILES string of the molecule is CS(=O)(=O)c1ccc([NH+]=[N-])cc1. The summed E-state index contributed by atoms with van der Waals surface area (Å²) in [5.41, 5.74) is 8.89. The van der Waals surface area contributed by atoms with Crippen molar-refractivity contribution in [3.8, 4) is 0 Å². The Kier molecular flexibility index (Phi) is 2.23. The molecule has 0 atom stereocenters. The molecule has 0 aliphatic heterocycles. The Morgan fingerprint density at radius 1 is 1.25 bits per heavy atom. The van der Waals surface area contributed by atoms with Crippen molar-refractivity contribution in [1.29, 1.82) is 0 Å². The van der Waals surface area contributed by atoms with Crippen molar-refractivity contribution in [1.82, 2.24) is 0 Å². The number of nitrogens with one attached hydrogen (secondary N) is 1. The monoisotopic (exact) mass is 184 g/mol. The summed E-state index contributed by atoms with van der Waals surface area (Å²) in [5.74, 6) is 0. The van der Waals surface area contributed by atoms with E-state index >= 15 is 0 Å². The van der Waals surface area contributed by atoms with E-state index in [0.29, 0.717) is 5.69 Å². The lowest BCUT2D eigenvalue weighted by molar-refractivity contribution is -0.379. The molecule has 0 saturated carbocycles. The average molecular weight is 184 g/mol. The number of benzene rings is 1. The Morgan fingerprint density at radius 2 is 1.75 bits per heavy atom. The first-order chi connectivity index (χ1) is 5.54. The molecule has 0 heterocycles. The van der Waals surface area contributed by atoms with E-state index in [1.54, 1.807) is 0 Å². The van der Waals surface area contributed by atoms with E-state index in [1.807, 2.05) is 5.11 Å². The predicted molar refractivity (Wildman–Crippen MR) is 43.5 cm³/mol. The zero-order valence-electron chi connectivity index (χ0n) is 6.48. The first-order valence-electron chi connectivity index (χ1n) is 3.24. The van der Waals surface area contributed by atoms with Gasteiger partial charge in [0.2, 0.25) is 0 Å². The smallest absolute Gasteiger partial charge is 0.192 e. The van der Waals surface area contributed by atoms with Crippen molar-refractivity contribution < 1.29 is 13.5 Å². The molecular formula is C7H8N2O2S. The number of nitrogens with zero attached hydrogens (tertiary/aromatic N) is 1. The van der Waals surface area contributed by atoms with Gasteiger partial charge in [0.05, 0.1) is 4.90 Å². The standard InChI is InChI=1S/C7H8N2O2S/c1-12(10,11)7-4-2-6(9-8)3-5-7/h2-5,9H,1H3. The van der Waals surface area contributed by atoms with Gasteiger partial charge in [0.15, 0.2) is 15.5 Å². The minimum absolute atomic E-state index is 0.238. The van der Waals surface area contributed by atoms with Crippen LogP contribution in [0.1, 0.15) is 0 Å². The maximum atomic E-state index is 10.9. The van der Waals surface area contributed by atoms with Gasteiger partial charge in [-0.15, -0.1) is 0 Å². The highest BCUT2D eigenvalue weighted by molar-refractivity contribution is 7.90. The van der Waals surface area contributed by atoms with Gasteiger partial charge in [0.25, 0.3) is 0 Å². The van der Waals surface area contributed by atoms with E-state index in [-0.39, 0.29) is 4.90 Å². The highest BCUT2D eigenvalue weighted by Crippen LogP contribution is 2.09. The molecule has 5 heteroatoms. The summed E-state index contributed by atoms with van der Waals surface area (Å²) in [4.78, 5) is 0.238. The maximum absolute atomic E-state index is 10.9. The van der Waals surface area contributed by atoms with Crippen LogP contribution in [-0.2, 0) is 9.84 Å². The second-order valence-corrected chi connectivity index (χ2v) is 4.42. The summed E-state index contributed by atoms with van der Waals surface area (Å²) in [7, 11) is -3.14. The summed E-state index contributed by atoms with van der Waals surface area (Å²) in [6.45, 7) is 0. The molecule has 0 bridgehead atoms. The molecular weight excluding hydrogens is 176 g/mol. The van der Waals surface area contributed by atoms with Gasteiger partial charge in [-0.3, -0.25) is 5.11 Å². The Hall–Kier alpha value is -1.23. The molecule has 0 fully saturated rings. The molecule has 1 aromatic rings. The zero-order chi connectivity index (χ0) is 9.19. The Morgan fingerprint density at radius 3 is 2.08 bits per heavy atom. The van der Waals surface area contributed by atoms with Crippen LogP contribution in [0, 0.1) is 0 Å². The molecule has 64 valence electrons. The van der Waals surface area contributed by atoms with Gasteiger partial charge in [-0.1, -0.05) is 0 Å². The lowest BCUT2D eigenvalue weighted by atomic mass is 10.3. The van der Waals surface area contributed by atoms with Gasteiger partial charge in [0.1, 0.15) is 0 Å². The highest BCUT2D eigenvalue weighted by atomic mass is 32.2. The Balaban J connectivity index is 3.17. The van der Waals surface area contributed by atoms with E-state index < -0.39 is 9.84 Å². The Labute approximate surface area is 70.7 Å². The summed E-state index contributed by atoms with van der Waals surface area (Å²) < 4.78 is 21.9. The quantitative estimate of drug-likeness (QED) is 0.648. The molecule has 0 spiro atoms. The normalized spacial score (nSPS) is 11.1. The van der Waals surface area contributed by atoms with Crippen molar-refractivity contribution >= 4 is 15.5 Å². The second kappa shape index (κ2) is 3.02. The van der Waals surface area contributed by atoms with Crippen molar-refractivity contribution in [3.63, 3.8) is 0 Å². The minimum Gasteiger partial charge on any atom is -0.502 e. The van der Waals surface area contributed by atoms with Gasteiger partial charge in [0, 0.05) is 18.4 Å². The molecule has 12 heavy (non-hydrogen) atoms. The first kappa shape index (κ1) is 8.86. The molecule has 0 unspecified atom stereocenters. The van der Waals surface area contributed by atoms with Crippen LogP contribution in [0.3, 0.4) is 0 Å². The van der Waals surface area contributed by atoms with Crippen LogP contribution in [0.4, 0.5) is 5.69 Å². The summed E-state index contributed by atoms with van der Waals surface area (Å²) in [6.07, 6.45) is 1.13. The third-order valence-electron chi connectivity index (χ3n) is 1.41. The van der Waals surface area contributed by atoms with E-state index in [1.165, 1.54) is 24.3 Å². The van der Waals surface area contributed by atoms with Crippen LogP contribution in [0.15, 0.2) is 29.2 Å². The molecule has 1 aromatic carbocycles. The lowest BCUT2D eigenvalue weighted by Crippen LogP contribution is -2.54. The fourth-order valence-electron chi connectivity index (χ4n) is 0.777. The van der Waals surface area contributed by atoms with E-state index in [9.17, 15) is 8.42 Å². The molecule has 0 aliphatic carbocycles. The predicted octanol–water partition coefficient (Wildman–Crippen LogP) is -0.176. The summed E-state index contributed by atoms with van der Waals surface area (Å²) >= 11 is 0. The van der Waals surface area contributed by atoms with Crippen molar-refractivity contribution in [2.45, 2.75) is 4.90 Å². The van der Waals surface area contributed by atoms with Crippen LogP contribution in [0.2, 0.25) is 0 Å². The van der Waals surface area contributed by atoms with Crippen LogP contribution in [0.25, 0.3) is 5.53 Å². The molecule has 4 nitrogen and oxygen atoms in total. The molecule has 0 aromatic heterocycles. The fraction of sp³-hybridized carbons (Fsp3) is 0.143. The minimum atomic E-state index is -3.14. The second-order valence-electron chi connectivity index (χ2n) is 2.41. The van der Waals surface area contributed by atoms with Crippen molar-refractivity contribution in [3.05, 3.63) is 29.8 Å². The van der Waals surface area contributed by atoms with E-state index in [4.69, 9.17) is 5.53 Å². The largest absolute Gasteiger partial charge is 0.502 e. The van der Waals surface area contributed by atoms with Crippen LogP contribution in [-0.4, -0.2) is 14.7 Å². The molecule has 1 rings (SSSR count). The molecule has 1 N–H and O–H groups in total. The number of sulfone groups is 1.